The molecule has 2 N–H and O–H groups in total. The van der Waals surface area contributed by atoms with E-state index in [4.69, 9.17) is 19.6 Å². The zero-order chi connectivity index (χ0) is 29.6. The first-order valence-electron chi connectivity index (χ1n) is 14.8. The highest BCUT2D eigenvalue weighted by Gasteiger charge is 2.53. The van der Waals surface area contributed by atoms with Crippen LogP contribution >= 0.6 is 15.9 Å². The summed E-state index contributed by atoms with van der Waals surface area (Å²) in [7, 11) is 0. The molecule has 0 unspecified atom stereocenters. The Hall–Kier alpha value is -3.94. The smallest absolute Gasteiger partial charge is 0.252 e. The molecular weight excluding hydrogens is 604 g/mol. The van der Waals surface area contributed by atoms with Crippen molar-refractivity contribution < 1.29 is 19.4 Å². The number of benzene rings is 4. The third kappa shape index (κ3) is 6.68. The summed E-state index contributed by atoms with van der Waals surface area (Å²) in [6.07, 6.45) is 2.57. The van der Waals surface area contributed by atoms with Gasteiger partial charge in [-0.15, -0.1) is 0 Å². The van der Waals surface area contributed by atoms with Crippen LogP contribution in [0.1, 0.15) is 42.1 Å². The molecule has 1 amide bonds. The number of ether oxygens (including phenoxy) is 2. The van der Waals surface area contributed by atoms with Crippen LogP contribution in [0.4, 0.5) is 0 Å². The van der Waals surface area contributed by atoms with Gasteiger partial charge in [0.15, 0.2) is 11.6 Å². The highest BCUT2D eigenvalue weighted by molar-refractivity contribution is 9.10. The molecule has 4 aromatic rings. The second-order valence-electron chi connectivity index (χ2n) is 11.2. The largest absolute Gasteiger partial charge is 0.494 e. The van der Waals surface area contributed by atoms with Gasteiger partial charge in [-0.2, -0.15) is 0 Å². The molecule has 1 aliphatic heterocycles. The molecule has 6 rings (SSSR count). The molecule has 0 saturated heterocycles. The van der Waals surface area contributed by atoms with Gasteiger partial charge in [-0.05, 0) is 71.3 Å². The molecule has 0 bridgehead atoms. The van der Waals surface area contributed by atoms with Crippen LogP contribution in [0.15, 0.2) is 113 Å². The second kappa shape index (κ2) is 13.1. The van der Waals surface area contributed by atoms with Crippen LogP contribution < -0.4 is 10.1 Å². The molecule has 1 saturated carbocycles. The Balaban J connectivity index is 1.39. The monoisotopic (exact) mass is 638 g/mol. The number of amides is 1. The van der Waals surface area contributed by atoms with Gasteiger partial charge in [-0.25, -0.2) is 4.99 Å². The predicted molar refractivity (Wildman–Crippen MR) is 172 cm³/mol. The van der Waals surface area contributed by atoms with Gasteiger partial charge in [0, 0.05) is 36.0 Å². The maximum absolute atomic E-state index is 14.3. The Morgan fingerprint density at radius 1 is 0.907 bits per heavy atom. The molecule has 0 spiro atoms. The van der Waals surface area contributed by atoms with Crippen LogP contribution in [-0.4, -0.2) is 42.2 Å². The number of aliphatic imine (C=N–C) groups is 1. The van der Waals surface area contributed by atoms with Crippen LogP contribution in [0.5, 0.6) is 5.75 Å². The lowest BCUT2D eigenvalue weighted by Gasteiger charge is -2.31. The van der Waals surface area contributed by atoms with Gasteiger partial charge in [0.1, 0.15) is 5.75 Å². The minimum absolute atomic E-state index is 0.0822. The number of carbonyl (C=O) groups excluding carboxylic acids is 1. The molecule has 7 heteroatoms. The average Bonchev–Trinajstić information content (AvgIpc) is 3.80. The van der Waals surface area contributed by atoms with E-state index in [1.165, 1.54) is 0 Å². The van der Waals surface area contributed by atoms with Crippen molar-refractivity contribution in [3.63, 3.8) is 0 Å². The summed E-state index contributed by atoms with van der Waals surface area (Å²) in [4.78, 5) is 19.5. The van der Waals surface area contributed by atoms with Crippen molar-refractivity contribution in [2.24, 2.45) is 10.9 Å². The number of halogens is 1. The summed E-state index contributed by atoms with van der Waals surface area (Å²) in [6.45, 7) is 1.16. The summed E-state index contributed by atoms with van der Waals surface area (Å²) < 4.78 is 13.3. The van der Waals surface area contributed by atoms with Gasteiger partial charge in [-0.3, -0.25) is 4.79 Å². The van der Waals surface area contributed by atoms with Crippen molar-refractivity contribution in [3.05, 3.63) is 124 Å². The number of nitrogens with zero attached hydrogens (tertiary/aromatic N) is 1. The zero-order valence-corrected chi connectivity index (χ0v) is 25.5. The summed E-state index contributed by atoms with van der Waals surface area (Å²) in [6, 6.07) is 34.0. The van der Waals surface area contributed by atoms with E-state index < -0.39 is 11.6 Å². The number of aliphatic hydroxyl groups excluding tert-OH is 1. The van der Waals surface area contributed by atoms with E-state index in [0.717, 1.165) is 45.1 Å². The Kier molecular flexibility index (Phi) is 8.91. The normalized spacial score (nSPS) is 19.4. The molecule has 43 heavy (non-hydrogen) atoms. The fourth-order valence-electron chi connectivity index (χ4n) is 5.41. The van der Waals surface area contributed by atoms with E-state index in [-0.39, 0.29) is 12.5 Å². The first-order valence-corrected chi connectivity index (χ1v) is 15.6. The van der Waals surface area contributed by atoms with Crippen LogP contribution in [0.3, 0.4) is 0 Å². The highest BCUT2D eigenvalue weighted by Crippen LogP contribution is 2.44. The second-order valence-corrected chi connectivity index (χ2v) is 12.1. The van der Waals surface area contributed by atoms with E-state index >= 15 is 0 Å². The van der Waals surface area contributed by atoms with Crippen molar-refractivity contribution in [1.82, 2.24) is 5.32 Å². The van der Waals surface area contributed by atoms with Crippen molar-refractivity contribution in [3.8, 4) is 16.9 Å². The zero-order valence-electron chi connectivity index (χ0n) is 23.9. The quantitative estimate of drug-likeness (QED) is 0.165. The standard InChI is InChI=1S/C36H35BrN2O4/c37-32-10-5-4-9-30(32)23-36(35(41)38-24-25-11-12-25)33(28-15-13-27(14-16-28)26-7-2-1-3-8-26)43-34(39-36)29-17-19-31(20-18-29)42-22-6-21-40/h1-5,7-10,13-20,25,33,40H,6,11-12,21-24H2,(H,38,41)/t33-,36-/m1/s1. The van der Waals surface area contributed by atoms with E-state index in [1.54, 1.807) is 0 Å². The Morgan fingerprint density at radius 2 is 1.58 bits per heavy atom. The number of nitrogens with one attached hydrogen (secondary N) is 1. The molecule has 0 aromatic heterocycles. The molecule has 4 aromatic carbocycles. The van der Waals surface area contributed by atoms with Crippen molar-refractivity contribution in [2.75, 3.05) is 19.8 Å². The summed E-state index contributed by atoms with van der Waals surface area (Å²) in [5.74, 6) is 1.52. The number of hydrogen-bond donors (Lipinski definition) is 2. The number of rotatable bonds is 12. The predicted octanol–water partition coefficient (Wildman–Crippen LogP) is 6.90. The van der Waals surface area contributed by atoms with E-state index in [1.807, 2.05) is 78.9 Å². The summed E-state index contributed by atoms with van der Waals surface area (Å²) >= 11 is 3.70. The van der Waals surface area contributed by atoms with E-state index in [0.29, 0.717) is 43.6 Å². The van der Waals surface area contributed by atoms with Gasteiger partial charge in [0.05, 0.1) is 6.61 Å². The van der Waals surface area contributed by atoms with Crippen LogP contribution in [0.25, 0.3) is 11.1 Å². The first kappa shape index (κ1) is 29.1. The van der Waals surface area contributed by atoms with Gasteiger partial charge >= 0.3 is 0 Å². The molecular formula is C36H35BrN2O4. The van der Waals surface area contributed by atoms with E-state index in [2.05, 4.69) is 45.5 Å². The average molecular weight is 640 g/mol. The molecule has 0 radical (unpaired) electrons. The molecule has 1 fully saturated rings. The van der Waals surface area contributed by atoms with E-state index in [9.17, 15) is 4.79 Å². The molecule has 220 valence electrons. The fourth-order valence-corrected chi connectivity index (χ4v) is 5.83. The minimum atomic E-state index is -1.22. The van der Waals surface area contributed by atoms with Gasteiger partial charge in [0.2, 0.25) is 5.90 Å². The van der Waals surface area contributed by atoms with Crippen LogP contribution in [0, 0.1) is 5.92 Å². The van der Waals surface area contributed by atoms with Crippen molar-refractivity contribution >= 4 is 27.7 Å². The maximum Gasteiger partial charge on any atom is 0.252 e. The van der Waals surface area contributed by atoms with Gasteiger partial charge in [-0.1, -0.05) is 88.7 Å². The maximum atomic E-state index is 14.3. The SMILES string of the molecule is O=C(NCC1CC1)[C@]1(Cc2ccccc2Br)N=C(c2ccc(OCCCO)cc2)O[C@@H]1c1ccc(-c2ccccc2)cc1. The molecule has 2 atom stereocenters. The highest BCUT2D eigenvalue weighted by atomic mass is 79.9. The summed E-state index contributed by atoms with van der Waals surface area (Å²) in [5.41, 5.74) is 3.63. The summed E-state index contributed by atoms with van der Waals surface area (Å²) in [5, 5.41) is 12.3. The fraction of sp³-hybridized carbons (Fsp3) is 0.278. The lowest BCUT2D eigenvalue weighted by Crippen LogP contribution is -2.50. The molecule has 1 heterocycles. The third-order valence-corrected chi connectivity index (χ3v) is 8.79. The molecule has 2 aliphatic rings. The first-order chi connectivity index (χ1) is 21.1. The Morgan fingerprint density at radius 3 is 2.28 bits per heavy atom. The van der Waals surface area contributed by atoms with Crippen molar-refractivity contribution in [2.45, 2.75) is 37.3 Å². The Labute approximate surface area is 260 Å². The topological polar surface area (TPSA) is 80.2 Å². The van der Waals surface area contributed by atoms with Crippen LogP contribution in [-0.2, 0) is 16.0 Å². The third-order valence-electron chi connectivity index (χ3n) is 8.02. The Bertz CT molecular complexity index is 1570. The lowest BCUT2D eigenvalue weighted by molar-refractivity contribution is -0.129. The van der Waals surface area contributed by atoms with Gasteiger partial charge < -0.3 is 19.9 Å². The van der Waals surface area contributed by atoms with Crippen molar-refractivity contribution in [1.29, 1.82) is 0 Å². The minimum Gasteiger partial charge on any atom is -0.494 e. The van der Waals surface area contributed by atoms with Crippen LogP contribution in [0.2, 0.25) is 0 Å². The number of aliphatic hydroxyl groups is 1. The number of carbonyl (C=O) groups is 1. The molecule has 6 nitrogen and oxygen atoms in total. The van der Waals surface area contributed by atoms with Gasteiger partial charge in [0.25, 0.3) is 5.91 Å². The number of hydrogen-bond acceptors (Lipinski definition) is 5. The molecule has 1 aliphatic carbocycles. The lowest BCUT2D eigenvalue weighted by atomic mass is 9.81.